The topological polar surface area (TPSA) is 52.6 Å². The standard InChI is InChI=1S/C36H30O4/c1-3-5-7-9-27-11-15-31(16-12-27)35(37)39-33-23-19-29(20-24-33)30-21-25-34(26-22-30)40-36(38)32-17-13-28(14-18-32)10-8-6-4-2/h11-26H,3-6H2,1-2H3. The van der Waals surface area contributed by atoms with Gasteiger partial charge in [0, 0.05) is 24.0 Å². The van der Waals surface area contributed by atoms with Crippen LogP contribution in [-0.2, 0) is 0 Å². The number of ether oxygens (including phenoxy) is 2. The van der Waals surface area contributed by atoms with Gasteiger partial charge in [0.15, 0.2) is 0 Å². The molecular formula is C36H30O4. The maximum atomic E-state index is 12.5. The highest BCUT2D eigenvalue weighted by Gasteiger charge is 2.10. The van der Waals surface area contributed by atoms with Crippen molar-refractivity contribution in [3.8, 4) is 46.3 Å². The van der Waals surface area contributed by atoms with Crippen LogP contribution in [0.15, 0.2) is 97.1 Å². The van der Waals surface area contributed by atoms with E-state index in [9.17, 15) is 9.59 Å². The Morgan fingerprint density at radius 2 is 0.875 bits per heavy atom. The molecule has 0 aliphatic rings. The van der Waals surface area contributed by atoms with Crippen molar-refractivity contribution in [1.29, 1.82) is 0 Å². The van der Waals surface area contributed by atoms with Crippen LogP contribution in [0.2, 0.25) is 0 Å². The molecule has 0 aromatic heterocycles. The van der Waals surface area contributed by atoms with Crippen molar-refractivity contribution in [3.63, 3.8) is 0 Å². The number of benzene rings is 4. The summed E-state index contributed by atoms with van der Waals surface area (Å²) in [6.45, 7) is 4.17. The van der Waals surface area contributed by atoms with Crippen molar-refractivity contribution >= 4 is 11.9 Å². The van der Waals surface area contributed by atoms with Crippen molar-refractivity contribution in [2.75, 3.05) is 0 Å². The Labute approximate surface area is 236 Å². The van der Waals surface area contributed by atoms with Crippen LogP contribution in [0.3, 0.4) is 0 Å². The Morgan fingerprint density at radius 3 is 1.20 bits per heavy atom. The molecule has 0 fully saturated rings. The lowest BCUT2D eigenvalue weighted by Crippen LogP contribution is -2.08. The first-order valence-corrected chi connectivity index (χ1v) is 13.4. The molecule has 0 bridgehead atoms. The zero-order valence-corrected chi connectivity index (χ0v) is 22.7. The highest BCUT2D eigenvalue weighted by Crippen LogP contribution is 2.25. The zero-order chi connectivity index (χ0) is 28.2. The lowest BCUT2D eigenvalue weighted by Gasteiger charge is -2.08. The number of unbranched alkanes of at least 4 members (excludes halogenated alkanes) is 2. The van der Waals surface area contributed by atoms with Crippen molar-refractivity contribution in [2.24, 2.45) is 0 Å². The summed E-state index contributed by atoms with van der Waals surface area (Å²) in [6, 6.07) is 28.7. The molecule has 0 amide bonds. The summed E-state index contributed by atoms with van der Waals surface area (Å²) < 4.78 is 11.1. The maximum Gasteiger partial charge on any atom is 0.343 e. The fourth-order valence-electron chi connectivity index (χ4n) is 3.72. The highest BCUT2D eigenvalue weighted by molar-refractivity contribution is 5.92. The van der Waals surface area contributed by atoms with Crippen molar-refractivity contribution in [2.45, 2.75) is 39.5 Å². The molecule has 0 N–H and O–H groups in total. The Hall–Kier alpha value is -5.06. The van der Waals surface area contributed by atoms with E-state index in [-0.39, 0.29) is 0 Å². The monoisotopic (exact) mass is 526 g/mol. The molecule has 0 saturated carbocycles. The second-order valence-electron chi connectivity index (χ2n) is 9.09. The van der Waals surface area contributed by atoms with Gasteiger partial charge in [0.05, 0.1) is 11.1 Å². The molecule has 0 spiro atoms. The second-order valence-corrected chi connectivity index (χ2v) is 9.09. The van der Waals surface area contributed by atoms with E-state index in [1.165, 1.54) is 0 Å². The van der Waals surface area contributed by atoms with Gasteiger partial charge < -0.3 is 9.47 Å². The fraction of sp³-hybridized carbons (Fsp3) is 0.167. The molecule has 0 heterocycles. The third-order valence-corrected chi connectivity index (χ3v) is 5.92. The minimum absolute atomic E-state index is 0.425. The maximum absolute atomic E-state index is 12.5. The zero-order valence-electron chi connectivity index (χ0n) is 22.7. The molecule has 0 aliphatic heterocycles. The van der Waals surface area contributed by atoms with Gasteiger partial charge in [-0.3, -0.25) is 0 Å². The first kappa shape index (κ1) is 28.0. The van der Waals surface area contributed by atoms with E-state index in [1.54, 1.807) is 48.5 Å². The largest absolute Gasteiger partial charge is 0.423 e. The lowest BCUT2D eigenvalue weighted by atomic mass is 10.1. The van der Waals surface area contributed by atoms with Crippen LogP contribution >= 0.6 is 0 Å². The van der Waals surface area contributed by atoms with Gasteiger partial charge in [0.2, 0.25) is 0 Å². The lowest BCUT2D eigenvalue weighted by molar-refractivity contribution is 0.0725. The average Bonchev–Trinajstić information content (AvgIpc) is 2.99. The van der Waals surface area contributed by atoms with Crippen LogP contribution in [0.5, 0.6) is 11.5 Å². The third-order valence-electron chi connectivity index (χ3n) is 5.92. The van der Waals surface area contributed by atoms with E-state index in [0.29, 0.717) is 22.6 Å². The van der Waals surface area contributed by atoms with E-state index >= 15 is 0 Å². The highest BCUT2D eigenvalue weighted by atomic mass is 16.5. The first-order chi connectivity index (χ1) is 19.6. The van der Waals surface area contributed by atoms with Gasteiger partial charge in [-0.1, -0.05) is 61.8 Å². The van der Waals surface area contributed by atoms with E-state index in [4.69, 9.17) is 9.47 Å². The van der Waals surface area contributed by atoms with Crippen LogP contribution in [0, 0.1) is 23.7 Å². The van der Waals surface area contributed by atoms with E-state index in [0.717, 1.165) is 47.9 Å². The molecule has 0 unspecified atom stereocenters. The molecule has 4 nitrogen and oxygen atoms in total. The molecule has 4 rings (SSSR count). The predicted octanol–water partition coefficient (Wildman–Crippen LogP) is 8.10. The van der Waals surface area contributed by atoms with Crippen LogP contribution < -0.4 is 9.47 Å². The average molecular weight is 527 g/mol. The summed E-state index contributed by atoms with van der Waals surface area (Å²) in [5.41, 5.74) is 4.55. The normalized spacial score (nSPS) is 9.95. The van der Waals surface area contributed by atoms with Gasteiger partial charge >= 0.3 is 11.9 Å². The second kappa shape index (κ2) is 14.2. The summed E-state index contributed by atoms with van der Waals surface area (Å²) in [4.78, 5) is 25.1. The van der Waals surface area contributed by atoms with Crippen molar-refractivity contribution < 1.29 is 19.1 Å². The van der Waals surface area contributed by atoms with Crippen LogP contribution in [0.1, 0.15) is 71.4 Å². The SMILES string of the molecule is CCCC#Cc1ccc(C(=O)Oc2ccc(-c3ccc(OC(=O)c4ccc(C#CCCC)cc4)cc3)cc2)cc1. The molecule has 0 atom stereocenters. The molecule has 40 heavy (non-hydrogen) atoms. The number of carbonyl (C=O) groups excluding carboxylic acids is 2. The number of hydrogen-bond acceptors (Lipinski definition) is 4. The molecule has 0 saturated heterocycles. The van der Waals surface area contributed by atoms with Gasteiger partial charge in [-0.2, -0.15) is 0 Å². The first-order valence-electron chi connectivity index (χ1n) is 13.4. The van der Waals surface area contributed by atoms with E-state index in [2.05, 4.69) is 37.5 Å². The Bertz CT molecular complexity index is 1430. The molecule has 4 aromatic rings. The summed E-state index contributed by atoms with van der Waals surface area (Å²) in [6.07, 6.45) is 3.73. The van der Waals surface area contributed by atoms with Gasteiger partial charge in [-0.15, -0.1) is 0 Å². The summed E-state index contributed by atoms with van der Waals surface area (Å²) in [5.74, 6) is 12.4. The Kier molecular flexibility index (Phi) is 9.92. The van der Waals surface area contributed by atoms with Gasteiger partial charge in [-0.25, -0.2) is 9.59 Å². The van der Waals surface area contributed by atoms with Gasteiger partial charge in [0.1, 0.15) is 11.5 Å². The quantitative estimate of drug-likeness (QED) is 0.139. The molecule has 198 valence electrons. The molecule has 4 aromatic carbocycles. The number of rotatable bonds is 7. The smallest absolute Gasteiger partial charge is 0.343 e. The van der Waals surface area contributed by atoms with E-state index < -0.39 is 11.9 Å². The third kappa shape index (κ3) is 7.97. The number of esters is 2. The van der Waals surface area contributed by atoms with Gasteiger partial charge in [0.25, 0.3) is 0 Å². The Balaban J connectivity index is 1.33. The minimum Gasteiger partial charge on any atom is -0.423 e. The van der Waals surface area contributed by atoms with Gasteiger partial charge in [-0.05, 0) is 96.8 Å². The fourth-order valence-corrected chi connectivity index (χ4v) is 3.72. The molecule has 0 aliphatic carbocycles. The Morgan fingerprint density at radius 1 is 0.525 bits per heavy atom. The summed E-state index contributed by atoms with van der Waals surface area (Å²) >= 11 is 0. The number of hydrogen-bond donors (Lipinski definition) is 0. The van der Waals surface area contributed by atoms with E-state index in [1.807, 2.05) is 48.5 Å². The van der Waals surface area contributed by atoms with Crippen LogP contribution in [0.4, 0.5) is 0 Å². The van der Waals surface area contributed by atoms with Crippen molar-refractivity contribution in [3.05, 3.63) is 119 Å². The van der Waals surface area contributed by atoms with Crippen LogP contribution in [0.25, 0.3) is 11.1 Å². The van der Waals surface area contributed by atoms with Crippen molar-refractivity contribution in [1.82, 2.24) is 0 Å². The molecule has 4 heteroatoms. The summed E-state index contributed by atoms with van der Waals surface area (Å²) in [5, 5.41) is 0. The molecular weight excluding hydrogens is 496 g/mol. The predicted molar refractivity (Wildman–Crippen MR) is 158 cm³/mol. The summed E-state index contributed by atoms with van der Waals surface area (Å²) in [7, 11) is 0. The number of carbonyl (C=O) groups is 2. The molecule has 0 radical (unpaired) electrons. The minimum atomic E-state index is -0.425. The van der Waals surface area contributed by atoms with Crippen LogP contribution in [-0.4, -0.2) is 11.9 Å².